The van der Waals surface area contributed by atoms with Crippen molar-refractivity contribution in [2.75, 3.05) is 27.4 Å². The number of ether oxygens (including phenoxy) is 5. The molecule has 2 aromatic carbocycles. The lowest BCUT2D eigenvalue weighted by atomic mass is 9.89. The van der Waals surface area contributed by atoms with E-state index in [0.717, 1.165) is 16.9 Å². The van der Waals surface area contributed by atoms with E-state index < -0.39 is 33.6 Å². The van der Waals surface area contributed by atoms with Crippen molar-refractivity contribution in [1.29, 1.82) is 0 Å². The standard InChI is InChI=1S/C27H32Cl3NO6/c1-4-26(31-15-23(32)27(28,29)30,18-35-16-20-10-12-21(33-2)13-11-20)25-22(14-24(34-3)37-25)36-17-19-8-6-5-7-9-19/h4-13,22,24-25,31H,1,14-18H2,2-3H3/t22-,24+,25+,26+/m1/s1. The Kier molecular flexibility index (Phi) is 11.2. The van der Waals surface area contributed by atoms with Crippen molar-refractivity contribution in [1.82, 2.24) is 5.32 Å². The van der Waals surface area contributed by atoms with Crippen LogP contribution in [0.2, 0.25) is 0 Å². The Morgan fingerprint density at radius 3 is 2.35 bits per heavy atom. The summed E-state index contributed by atoms with van der Waals surface area (Å²) in [6, 6.07) is 17.3. The van der Waals surface area contributed by atoms with E-state index in [4.69, 9.17) is 58.5 Å². The summed E-state index contributed by atoms with van der Waals surface area (Å²) >= 11 is 17.4. The lowest BCUT2D eigenvalue weighted by molar-refractivity contribution is -0.146. The number of hydrogen-bond acceptors (Lipinski definition) is 7. The van der Waals surface area contributed by atoms with Crippen LogP contribution in [0.3, 0.4) is 0 Å². The molecule has 4 atom stereocenters. The van der Waals surface area contributed by atoms with E-state index in [1.54, 1.807) is 20.3 Å². The minimum absolute atomic E-state index is 0.0992. The first-order valence-electron chi connectivity index (χ1n) is 11.7. The topological polar surface area (TPSA) is 75.3 Å². The lowest BCUT2D eigenvalue weighted by Gasteiger charge is -2.39. The molecule has 0 amide bonds. The number of alkyl halides is 3. The minimum Gasteiger partial charge on any atom is -0.497 e. The summed E-state index contributed by atoms with van der Waals surface area (Å²) in [5.74, 6) is 0.126. The van der Waals surface area contributed by atoms with Gasteiger partial charge in [0.2, 0.25) is 3.79 Å². The molecule has 0 unspecified atom stereocenters. The molecule has 1 N–H and O–H groups in total. The summed E-state index contributed by atoms with van der Waals surface area (Å²) in [4.78, 5) is 12.5. The normalized spacial score (nSPS) is 21.4. The number of halogens is 3. The van der Waals surface area contributed by atoms with Crippen molar-refractivity contribution in [2.24, 2.45) is 0 Å². The number of benzene rings is 2. The van der Waals surface area contributed by atoms with Crippen molar-refractivity contribution in [3.63, 3.8) is 0 Å². The molecular weight excluding hydrogens is 541 g/mol. The summed E-state index contributed by atoms with van der Waals surface area (Å²) in [7, 11) is 3.18. The first-order chi connectivity index (χ1) is 17.7. The number of carbonyl (C=O) groups excluding carboxylic acids is 1. The highest BCUT2D eigenvalue weighted by molar-refractivity contribution is 6.76. The maximum absolute atomic E-state index is 12.5. The third-order valence-corrected chi connectivity index (χ3v) is 6.80. The monoisotopic (exact) mass is 571 g/mol. The second-order valence-corrected chi connectivity index (χ2v) is 10.9. The molecule has 0 spiro atoms. The maximum atomic E-state index is 12.5. The van der Waals surface area contributed by atoms with E-state index in [1.807, 2.05) is 54.6 Å². The Balaban J connectivity index is 1.80. The smallest absolute Gasteiger partial charge is 0.250 e. The van der Waals surface area contributed by atoms with Gasteiger partial charge < -0.3 is 23.7 Å². The van der Waals surface area contributed by atoms with Crippen LogP contribution in [-0.4, -0.2) is 61.0 Å². The molecule has 10 heteroatoms. The fourth-order valence-corrected chi connectivity index (χ4v) is 4.24. The van der Waals surface area contributed by atoms with Crippen LogP contribution in [0, 0.1) is 0 Å². The second-order valence-electron chi connectivity index (χ2n) is 8.65. The van der Waals surface area contributed by atoms with Crippen LogP contribution in [0.5, 0.6) is 5.75 Å². The Labute approximate surface area is 232 Å². The van der Waals surface area contributed by atoms with E-state index in [-0.39, 0.29) is 13.2 Å². The third kappa shape index (κ3) is 8.40. The van der Waals surface area contributed by atoms with Crippen LogP contribution in [0.15, 0.2) is 67.3 Å². The number of hydrogen-bond donors (Lipinski definition) is 1. The average Bonchev–Trinajstić information content (AvgIpc) is 3.33. The molecule has 202 valence electrons. The fraction of sp³-hybridized carbons (Fsp3) is 0.444. The molecule has 1 heterocycles. The molecule has 3 rings (SSSR count). The van der Waals surface area contributed by atoms with Crippen molar-refractivity contribution < 1.29 is 28.5 Å². The quantitative estimate of drug-likeness (QED) is 0.252. The van der Waals surface area contributed by atoms with Gasteiger partial charge in [-0.2, -0.15) is 0 Å². The summed E-state index contributed by atoms with van der Waals surface area (Å²) in [5, 5.41) is 3.18. The molecule has 0 bridgehead atoms. The first-order valence-corrected chi connectivity index (χ1v) is 12.9. The number of nitrogens with one attached hydrogen (secondary N) is 1. The molecule has 37 heavy (non-hydrogen) atoms. The molecular formula is C27H32Cl3NO6. The molecule has 1 saturated heterocycles. The van der Waals surface area contributed by atoms with Crippen molar-refractivity contribution >= 4 is 40.6 Å². The second kappa shape index (κ2) is 13.9. The molecule has 7 nitrogen and oxygen atoms in total. The Hall–Kier alpha value is -1.68. The van der Waals surface area contributed by atoms with Crippen LogP contribution in [-0.2, 0) is 37.0 Å². The van der Waals surface area contributed by atoms with E-state index in [1.165, 1.54) is 0 Å². The van der Waals surface area contributed by atoms with Crippen molar-refractivity contribution in [3.8, 4) is 5.75 Å². The van der Waals surface area contributed by atoms with Crippen molar-refractivity contribution in [3.05, 3.63) is 78.4 Å². The van der Waals surface area contributed by atoms with Gasteiger partial charge in [-0.1, -0.05) is 83.3 Å². The van der Waals surface area contributed by atoms with Crippen LogP contribution in [0.25, 0.3) is 0 Å². The van der Waals surface area contributed by atoms with E-state index >= 15 is 0 Å². The molecule has 0 aromatic heterocycles. The summed E-state index contributed by atoms with van der Waals surface area (Å²) in [5.41, 5.74) is 0.892. The first kappa shape index (κ1) is 29.9. The predicted octanol–water partition coefficient (Wildman–Crippen LogP) is 5.01. The Morgan fingerprint density at radius 2 is 1.76 bits per heavy atom. The Morgan fingerprint density at radius 1 is 1.08 bits per heavy atom. The van der Waals surface area contributed by atoms with Gasteiger partial charge in [0.25, 0.3) is 0 Å². The van der Waals surface area contributed by atoms with E-state index in [9.17, 15) is 4.79 Å². The van der Waals surface area contributed by atoms with Crippen LogP contribution < -0.4 is 10.1 Å². The van der Waals surface area contributed by atoms with E-state index in [0.29, 0.717) is 19.6 Å². The third-order valence-electron chi connectivity index (χ3n) is 6.17. The zero-order valence-electron chi connectivity index (χ0n) is 20.8. The number of Topliss-reactive ketones (excluding diaryl/α,β-unsaturated/α-hetero) is 1. The van der Waals surface area contributed by atoms with Gasteiger partial charge in [0.15, 0.2) is 12.1 Å². The minimum atomic E-state index is -2.07. The van der Waals surface area contributed by atoms with Gasteiger partial charge in [0.1, 0.15) is 11.9 Å². The number of carbonyl (C=O) groups is 1. The lowest BCUT2D eigenvalue weighted by Crippen LogP contribution is -2.61. The molecule has 0 radical (unpaired) electrons. The average molecular weight is 573 g/mol. The zero-order chi connectivity index (χ0) is 26.9. The van der Waals surface area contributed by atoms with E-state index in [2.05, 4.69) is 11.9 Å². The van der Waals surface area contributed by atoms with Gasteiger partial charge in [-0.15, -0.1) is 6.58 Å². The molecule has 2 aromatic rings. The van der Waals surface area contributed by atoms with Gasteiger partial charge in [-0.3, -0.25) is 10.1 Å². The van der Waals surface area contributed by atoms with Gasteiger partial charge in [0.05, 0.1) is 45.1 Å². The highest BCUT2D eigenvalue weighted by Gasteiger charge is 2.49. The highest BCUT2D eigenvalue weighted by atomic mass is 35.6. The fourth-order valence-electron chi connectivity index (χ4n) is 4.04. The number of ketones is 1. The van der Waals surface area contributed by atoms with Crippen LogP contribution in [0.1, 0.15) is 17.5 Å². The molecule has 1 aliphatic heterocycles. The summed E-state index contributed by atoms with van der Waals surface area (Å²) < 4.78 is 27.2. The molecule has 0 aliphatic carbocycles. The van der Waals surface area contributed by atoms with Crippen LogP contribution in [0.4, 0.5) is 0 Å². The predicted molar refractivity (Wildman–Crippen MR) is 144 cm³/mol. The Bertz CT molecular complexity index is 1000. The summed E-state index contributed by atoms with van der Waals surface area (Å²) in [6.45, 7) is 4.54. The van der Waals surface area contributed by atoms with Crippen molar-refractivity contribution in [2.45, 2.75) is 47.5 Å². The molecule has 1 fully saturated rings. The molecule has 0 saturated carbocycles. The van der Waals surface area contributed by atoms with Gasteiger partial charge in [-0.25, -0.2) is 0 Å². The van der Waals surface area contributed by atoms with Gasteiger partial charge in [0, 0.05) is 13.5 Å². The molecule has 1 aliphatic rings. The summed E-state index contributed by atoms with van der Waals surface area (Å²) in [6.07, 6.45) is 0.592. The largest absolute Gasteiger partial charge is 0.497 e. The maximum Gasteiger partial charge on any atom is 0.250 e. The SMILES string of the molecule is C=C[C@@](COCc1ccc(OC)cc1)(NCC(=O)C(Cl)(Cl)Cl)[C@H]1O[C@H](OC)C[C@H]1OCc1ccccc1. The van der Waals surface area contributed by atoms with Gasteiger partial charge in [-0.05, 0) is 23.3 Å². The highest BCUT2D eigenvalue weighted by Crippen LogP contribution is 2.34. The zero-order valence-corrected chi connectivity index (χ0v) is 23.1. The number of methoxy groups -OCH3 is 2. The van der Waals surface area contributed by atoms with Crippen LogP contribution >= 0.6 is 34.8 Å². The van der Waals surface area contributed by atoms with Gasteiger partial charge >= 0.3 is 0 Å². The number of rotatable bonds is 14.